The second-order valence-corrected chi connectivity index (χ2v) is 1.20. The van der Waals surface area contributed by atoms with Gasteiger partial charge in [-0.2, -0.15) is 0 Å². The first kappa shape index (κ1) is 11.3. The van der Waals surface area contributed by atoms with Crippen molar-refractivity contribution in [3.8, 4) is 0 Å². The molecule has 1 atom stereocenters. The molecule has 0 aliphatic heterocycles. The normalized spacial score (nSPS) is 11.2. The van der Waals surface area contributed by atoms with Gasteiger partial charge in [0.25, 0.3) is 0 Å². The Morgan fingerprint density at radius 1 is 1.88 bits per heavy atom. The molecule has 1 N–H and O–H groups in total. The van der Waals surface area contributed by atoms with Crippen molar-refractivity contribution in [2.75, 3.05) is 0 Å². The molecule has 0 saturated carbocycles. The fourth-order valence-electron chi connectivity index (χ4n) is 0.171. The zero-order chi connectivity index (χ0) is 5.86. The van der Waals surface area contributed by atoms with Crippen LogP contribution in [0.5, 0.6) is 0 Å². The van der Waals surface area contributed by atoms with Crippen LogP contribution in [0.4, 0.5) is 0 Å². The Bertz CT molecular complexity index is 74.9. The molecular weight excluding hydrogens is 118 g/mol. The Morgan fingerprint density at radius 2 is 2.25 bits per heavy atom. The maximum atomic E-state index is 10.0. The maximum absolute atomic E-state index is 10.0. The van der Waals surface area contributed by atoms with E-state index in [0.29, 0.717) is 0 Å². The molecule has 0 rings (SSSR count). The van der Waals surface area contributed by atoms with Crippen molar-refractivity contribution in [3.05, 3.63) is 0 Å². The Hall–Kier alpha value is 0.495. The molecule has 0 radical (unpaired) electrons. The summed E-state index contributed by atoms with van der Waals surface area (Å²) in [6.07, 6.45) is -0.995. The molecule has 8 heavy (non-hydrogen) atoms. The van der Waals surface area contributed by atoms with Crippen molar-refractivity contribution in [2.24, 2.45) is 0 Å². The van der Waals surface area contributed by atoms with Crippen molar-refractivity contribution in [2.45, 2.75) is 13.0 Å². The molecule has 0 amide bonds. The summed E-state index contributed by atoms with van der Waals surface area (Å²) in [6.45, 7) is 1.35. The van der Waals surface area contributed by atoms with Crippen LogP contribution in [0.15, 0.2) is 0 Å². The summed E-state index contributed by atoms with van der Waals surface area (Å²) >= 11 is 0. The van der Waals surface area contributed by atoms with Gasteiger partial charge in [-0.1, -0.05) is 0 Å². The van der Waals surface area contributed by atoms with Crippen molar-refractivity contribution in [3.63, 3.8) is 0 Å². The molecule has 0 aliphatic rings. The van der Waals surface area contributed by atoms with Crippen LogP contribution < -0.4 is 0 Å². The van der Waals surface area contributed by atoms with Crippen LogP contribution in [0.1, 0.15) is 6.92 Å². The average molecular weight is 126 g/mol. The van der Waals surface area contributed by atoms with E-state index in [9.17, 15) is 4.79 Å². The van der Waals surface area contributed by atoms with E-state index >= 15 is 0 Å². The molecule has 3 nitrogen and oxygen atoms in total. The van der Waals surface area contributed by atoms with Crippen molar-refractivity contribution >= 4 is 43.6 Å². The summed E-state index contributed by atoms with van der Waals surface area (Å²) in [5.74, 6) is -0.597. The molecule has 0 bridgehead atoms. The molecule has 1 unspecified atom stereocenters. The summed E-state index contributed by atoms with van der Waals surface area (Å²) in [6, 6.07) is 0. The Labute approximate surface area is 71.1 Å². The minimum atomic E-state index is -0.995. The molecule has 0 aromatic carbocycles. The van der Waals surface area contributed by atoms with Crippen LogP contribution in [0.2, 0.25) is 0 Å². The Balaban J connectivity index is 0. The van der Waals surface area contributed by atoms with E-state index in [1.54, 1.807) is 0 Å². The monoisotopic (exact) mass is 126 g/mol. The predicted molar refractivity (Wildman–Crippen MR) is 33.5 cm³/mol. The number of hydrogen-bond donors (Lipinski definition) is 1. The van der Waals surface area contributed by atoms with Crippen LogP contribution in [-0.2, 0) is 9.45 Å². The predicted octanol–water partition coefficient (Wildman–Crippen LogP) is -2.19. The average Bonchev–Trinajstić information content (AvgIpc) is 1.65. The van der Waals surface area contributed by atoms with Crippen LogP contribution >= 0.6 is 0 Å². The van der Waals surface area contributed by atoms with E-state index in [1.165, 1.54) is 15.0 Å². The molecule has 5 heteroatoms. The Morgan fingerprint density at radius 3 is 2.25 bits per heavy atom. The zero-order valence-corrected chi connectivity index (χ0v) is 4.34. The van der Waals surface area contributed by atoms with Gasteiger partial charge >= 0.3 is 43.6 Å². The van der Waals surface area contributed by atoms with Gasteiger partial charge < -0.3 is 9.76 Å². The van der Waals surface area contributed by atoms with E-state index < -0.39 is 12.1 Å². The van der Waals surface area contributed by atoms with Crippen molar-refractivity contribution < 1.29 is 14.6 Å². The third-order valence-corrected chi connectivity index (χ3v) is 0.542. The first-order chi connectivity index (χ1) is 3.18. The van der Waals surface area contributed by atoms with Gasteiger partial charge in [0.2, 0.25) is 0 Å². The number of aliphatic hydroxyl groups is 1. The number of carbonyl (C=O) groups excluding carboxylic acids is 1. The molecule has 0 aromatic heterocycles. The summed E-state index contributed by atoms with van der Waals surface area (Å²) in [5, 5.41) is 8.35. The Kier molecular flexibility index (Phi) is 7.96. The van der Waals surface area contributed by atoms with Gasteiger partial charge in [0.15, 0.2) is 0 Å². The zero-order valence-electron chi connectivity index (χ0n) is 4.34. The van der Waals surface area contributed by atoms with Gasteiger partial charge in [0.05, 0.1) is 0 Å². The SMILES string of the molecule is BOC(=O)C(C)O.[NaH]. The first-order valence-corrected chi connectivity index (χ1v) is 1.94. The topological polar surface area (TPSA) is 46.5 Å². The van der Waals surface area contributed by atoms with E-state index in [0.717, 1.165) is 0 Å². The van der Waals surface area contributed by atoms with E-state index in [4.69, 9.17) is 5.11 Å². The number of aliphatic hydroxyl groups excluding tert-OH is 1. The van der Waals surface area contributed by atoms with Crippen molar-refractivity contribution in [1.82, 2.24) is 0 Å². The van der Waals surface area contributed by atoms with E-state index in [-0.39, 0.29) is 29.6 Å². The fraction of sp³-hybridized carbons (Fsp3) is 0.667. The molecule has 42 valence electrons. The molecule has 0 fully saturated rings. The van der Waals surface area contributed by atoms with Crippen LogP contribution in [0.3, 0.4) is 0 Å². The second-order valence-electron chi connectivity index (χ2n) is 1.20. The molecule has 0 aromatic rings. The standard InChI is InChI=1S/C3H7BO3.Na.H/c1-2(5)3(6)7-4;;/h2,5H,4H2,1H3;;. The van der Waals surface area contributed by atoms with Gasteiger partial charge in [0.1, 0.15) is 6.10 Å². The van der Waals surface area contributed by atoms with Gasteiger partial charge in [-0.15, -0.1) is 0 Å². The summed E-state index contributed by atoms with van der Waals surface area (Å²) in [4.78, 5) is 10.0. The van der Waals surface area contributed by atoms with Crippen LogP contribution in [-0.4, -0.2) is 54.8 Å². The van der Waals surface area contributed by atoms with Gasteiger partial charge in [-0.25, -0.2) is 0 Å². The van der Waals surface area contributed by atoms with E-state index in [2.05, 4.69) is 4.65 Å². The number of carbonyl (C=O) groups is 1. The van der Waals surface area contributed by atoms with Crippen LogP contribution in [0.25, 0.3) is 0 Å². The molecule has 0 saturated heterocycles. The summed E-state index contributed by atoms with van der Waals surface area (Å²) in [7, 11) is 1.23. The molecular formula is C3H8BNaO3. The van der Waals surface area contributed by atoms with Gasteiger partial charge in [0, 0.05) is 0 Å². The van der Waals surface area contributed by atoms with Gasteiger partial charge in [-0.3, -0.25) is 4.79 Å². The number of hydrogen-bond acceptors (Lipinski definition) is 3. The van der Waals surface area contributed by atoms with E-state index in [1.807, 2.05) is 0 Å². The molecule has 0 spiro atoms. The minimum absolute atomic E-state index is 0. The van der Waals surface area contributed by atoms with Gasteiger partial charge in [-0.05, 0) is 6.92 Å². The third-order valence-electron chi connectivity index (χ3n) is 0.542. The quantitative estimate of drug-likeness (QED) is 0.406. The molecule has 0 aliphatic carbocycles. The summed E-state index contributed by atoms with van der Waals surface area (Å²) < 4.78 is 4.12. The van der Waals surface area contributed by atoms with Crippen LogP contribution in [0, 0.1) is 0 Å². The first-order valence-electron chi connectivity index (χ1n) is 1.94. The summed E-state index contributed by atoms with van der Waals surface area (Å²) in [5.41, 5.74) is 0. The fourth-order valence-corrected chi connectivity index (χ4v) is 0.171. The number of rotatable bonds is 1. The molecule has 0 heterocycles. The van der Waals surface area contributed by atoms with Crippen molar-refractivity contribution in [1.29, 1.82) is 0 Å². The third kappa shape index (κ3) is 4.65. The second kappa shape index (κ2) is 5.63.